The van der Waals surface area contributed by atoms with Crippen LogP contribution < -0.4 is 9.80 Å². The Balaban J connectivity index is 1.16. The van der Waals surface area contributed by atoms with Crippen molar-refractivity contribution in [3.05, 3.63) is 193 Å². The largest absolute Gasteiger partial charge is 0.332 e. The highest BCUT2D eigenvalue weighted by Crippen LogP contribution is 2.59. The molecule has 3 heterocycles. The van der Waals surface area contributed by atoms with Crippen LogP contribution in [0.25, 0.3) is 33.9 Å². The third kappa shape index (κ3) is 4.60. The maximum atomic E-state index is 5.17. The van der Waals surface area contributed by atoms with Crippen LogP contribution in [0, 0.1) is 0 Å². The zero-order chi connectivity index (χ0) is 33.0. The van der Waals surface area contributed by atoms with E-state index in [0.29, 0.717) is 5.82 Å². The summed E-state index contributed by atoms with van der Waals surface area (Å²) in [4.78, 5) is 15.5. The van der Waals surface area contributed by atoms with Crippen LogP contribution in [0.15, 0.2) is 182 Å². The first kappa shape index (κ1) is 28.7. The van der Waals surface area contributed by atoms with Gasteiger partial charge < -0.3 is 9.80 Å². The molecule has 0 fully saturated rings. The Labute approximate surface area is 292 Å². The van der Waals surface area contributed by atoms with Crippen molar-refractivity contribution in [2.24, 2.45) is 0 Å². The number of benzene rings is 5. The standard InChI is InChI=1S/C46H34N4/c1-4-15-31(16-5-1)40-30-41(32-17-6-2-7-18-32)48-46(47-40)33-19-14-22-35(29-33)50-43-26-13-11-24-37(43)39-28-27-38-36-23-10-12-25-42(36)49(44(38)45(39)50)34-20-8-3-9-21-34/h1-30,36-37,42-43H. The molecule has 50 heavy (non-hydrogen) atoms. The molecule has 5 aromatic carbocycles. The highest BCUT2D eigenvalue weighted by atomic mass is 15.3. The quantitative estimate of drug-likeness (QED) is 0.187. The molecule has 4 aliphatic rings. The van der Waals surface area contributed by atoms with Gasteiger partial charge in [-0.15, -0.1) is 0 Å². The van der Waals surface area contributed by atoms with Crippen molar-refractivity contribution in [3.8, 4) is 33.9 Å². The molecule has 2 aliphatic heterocycles. The third-order valence-electron chi connectivity index (χ3n) is 10.5. The van der Waals surface area contributed by atoms with Crippen molar-refractivity contribution >= 4 is 22.7 Å². The van der Waals surface area contributed by atoms with Gasteiger partial charge in [0.05, 0.1) is 34.8 Å². The van der Waals surface area contributed by atoms with Gasteiger partial charge in [0.25, 0.3) is 0 Å². The summed E-state index contributed by atoms with van der Waals surface area (Å²) in [5, 5.41) is 0. The van der Waals surface area contributed by atoms with E-state index < -0.39 is 0 Å². The molecule has 4 unspecified atom stereocenters. The molecule has 0 saturated heterocycles. The van der Waals surface area contributed by atoms with Gasteiger partial charge in [-0.05, 0) is 41.5 Å². The average Bonchev–Trinajstić information content (AvgIpc) is 3.72. The number of hydrogen-bond acceptors (Lipinski definition) is 4. The van der Waals surface area contributed by atoms with Gasteiger partial charge in [-0.25, -0.2) is 9.97 Å². The topological polar surface area (TPSA) is 32.3 Å². The lowest BCUT2D eigenvalue weighted by molar-refractivity contribution is 0.737. The number of nitrogens with zero attached hydrogens (tertiary/aromatic N) is 4. The Kier molecular flexibility index (Phi) is 6.73. The highest BCUT2D eigenvalue weighted by molar-refractivity contribution is 5.94. The molecular formula is C46H34N4. The molecule has 4 nitrogen and oxygen atoms in total. The van der Waals surface area contributed by atoms with Crippen LogP contribution in [0.4, 0.5) is 22.7 Å². The van der Waals surface area contributed by atoms with E-state index >= 15 is 0 Å². The first-order chi connectivity index (χ1) is 24.8. The van der Waals surface area contributed by atoms with Crippen molar-refractivity contribution in [3.63, 3.8) is 0 Å². The molecule has 4 atom stereocenters. The van der Waals surface area contributed by atoms with Crippen molar-refractivity contribution in [2.75, 3.05) is 9.80 Å². The summed E-state index contributed by atoms with van der Waals surface area (Å²) in [7, 11) is 0. The summed E-state index contributed by atoms with van der Waals surface area (Å²) < 4.78 is 0. The lowest BCUT2D eigenvalue weighted by Crippen LogP contribution is -2.31. The Morgan fingerprint density at radius 2 is 0.860 bits per heavy atom. The number of fused-ring (bicyclic) bond motifs is 7. The van der Waals surface area contributed by atoms with Crippen LogP contribution in [0.3, 0.4) is 0 Å². The summed E-state index contributed by atoms with van der Waals surface area (Å²) in [6.45, 7) is 0. The van der Waals surface area contributed by atoms with Crippen molar-refractivity contribution in [1.29, 1.82) is 0 Å². The predicted octanol–water partition coefficient (Wildman–Crippen LogP) is 10.9. The lowest BCUT2D eigenvalue weighted by atomic mass is 9.88. The second-order valence-corrected chi connectivity index (χ2v) is 13.3. The van der Waals surface area contributed by atoms with Gasteiger partial charge in [0.2, 0.25) is 0 Å². The predicted molar refractivity (Wildman–Crippen MR) is 205 cm³/mol. The van der Waals surface area contributed by atoms with Gasteiger partial charge >= 0.3 is 0 Å². The molecule has 4 heteroatoms. The van der Waals surface area contributed by atoms with E-state index in [1.807, 2.05) is 12.1 Å². The Bertz CT molecular complexity index is 2300. The van der Waals surface area contributed by atoms with E-state index in [1.165, 1.54) is 28.2 Å². The molecular weight excluding hydrogens is 609 g/mol. The Morgan fingerprint density at radius 3 is 1.42 bits per heavy atom. The normalized spacial score (nSPS) is 20.8. The summed E-state index contributed by atoms with van der Waals surface area (Å²) >= 11 is 0. The van der Waals surface area contributed by atoms with Crippen LogP contribution in [-0.4, -0.2) is 22.1 Å². The zero-order valence-corrected chi connectivity index (χ0v) is 27.4. The van der Waals surface area contributed by atoms with E-state index in [-0.39, 0.29) is 23.9 Å². The molecule has 6 aromatic rings. The van der Waals surface area contributed by atoms with Gasteiger partial charge in [-0.1, -0.05) is 152 Å². The molecule has 0 radical (unpaired) electrons. The zero-order valence-electron chi connectivity index (χ0n) is 27.4. The minimum atomic E-state index is 0.152. The van der Waals surface area contributed by atoms with Gasteiger partial charge in [0, 0.05) is 39.9 Å². The number of rotatable bonds is 5. The maximum absolute atomic E-state index is 5.17. The number of hydrogen-bond donors (Lipinski definition) is 0. The maximum Gasteiger partial charge on any atom is 0.160 e. The minimum Gasteiger partial charge on any atom is -0.332 e. The second kappa shape index (κ2) is 11.7. The van der Waals surface area contributed by atoms with Gasteiger partial charge in [0.1, 0.15) is 0 Å². The van der Waals surface area contributed by atoms with Crippen LogP contribution in [0.2, 0.25) is 0 Å². The molecule has 0 bridgehead atoms. The molecule has 2 aliphatic carbocycles. The Morgan fingerprint density at radius 1 is 0.400 bits per heavy atom. The monoisotopic (exact) mass is 642 g/mol. The van der Waals surface area contributed by atoms with E-state index in [9.17, 15) is 0 Å². The first-order valence-corrected chi connectivity index (χ1v) is 17.4. The van der Waals surface area contributed by atoms with Crippen molar-refractivity contribution in [2.45, 2.75) is 23.9 Å². The van der Waals surface area contributed by atoms with E-state index in [1.54, 1.807) is 0 Å². The molecule has 1 aromatic heterocycles. The lowest BCUT2D eigenvalue weighted by Gasteiger charge is -2.33. The third-order valence-corrected chi connectivity index (χ3v) is 10.5. The Hall–Kier alpha value is -6.26. The van der Waals surface area contributed by atoms with Crippen molar-refractivity contribution < 1.29 is 0 Å². The summed E-state index contributed by atoms with van der Waals surface area (Å²) in [5.41, 5.74) is 12.6. The van der Waals surface area contributed by atoms with Gasteiger partial charge in [-0.2, -0.15) is 0 Å². The van der Waals surface area contributed by atoms with E-state index in [0.717, 1.165) is 33.8 Å². The van der Waals surface area contributed by atoms with E-state index in [2.05, 4.69) is 180 Å². The molecule has 238 valence electrons. The summed E-state index contributed by atoms with van der Waals surface area (Å²) in [6, 6.07) is 47.7. The van der Waals surface area contributed by atoms with Crippen molar-refractivity contribution in [1.82, 2.24) is 9.97 Å². The molecule has 0 amide bonds. The smallest absolute Gasteiger partial charge is 0.160 e. The number of aromatic nitrogens is 2. The van der Waals surface area contributed by atoms with Crippen LogP contribution in [-0.2, 0) is 0 Å². The summed E-state index contributed by atoms with van der Waals surface area (Å²) in [6.07, 6.45) is 18.3. The number of anilines is 4. The number of allylic oxidation sites excluding steroid dienone is 4. The van der Waals surface area contributed by atoms with Gasteiger partial charge in [-0.3, -0.25) is 0 Å². The fourth-order valence-corrected chi connectivity index (χ4v) is 8.29. The van der Waals surface area contributed by atoms with Gasteiger partial charge in [0.15, 0.2) is 5.82 Å². The van der Waals surface area contributed by atoms with Crippen LogP contribution in [0.1, 0.15) is 23.0 Å². The first-order valence-electron chi connectivity index (χ1n) is 17.4. The van der Waals surface area contributed by atoms with E-state index in [4.69, 9.17) is 9.97 Å². The minimum absolute atomic E-state index is 0.152. The SMILES string of the molecule is C1=CC2c3ccc4c(c3N(c3ccccc3)C2C=C1)N(c1cccc(-c2nc(-c3ccccc3)cc(-c3ccccc3)n2)c1)C1C=CC=CC41. The van der Waals surface area contributed by atoms with Crippen LogP contribution >= 0.6 is 0 Å². The second-order valence-electron chi connectivity index (χ2n) is 13.3. The molecule has 0 spiro atoms. The average molecular weight is 643 g/mol. The fourth-order valence-electron chi connectivity index (χ4n) is 8.29. The molecule has 0 N–H and O–H groups in total. The highest BCUT2D eigenvalue weighted by Gasteiger charge is 2.46. The van der Waals surface area contributed by atoms with Crippen LogP contribution in [0.5, 0.6) is 0 Å². The summed E-state index contributed by atoms with van der Waals surface area (Å²) in [5.74, 6) is 1.25. The molecule has 0 saturated carbocycles. The fraction of sp³-hybridized carbons (Fsp3) is 0.0870. The molecule has 10 rings (SSSR count). The number of para-hydroxylation sites is 1.